The SMILES string of the molecule is CC(C)=C[SiH2]CCCCCCCCCCOS(=O)(=O)c1ccc(C)cc1. The van der Waals surface area contributed by atoms with E-state index >= 15 is 0 Å². The van der Waals surface area contributed by atoms with E-state index in [1.807, 2.05) is 6.92 Å². The van der Waals surface area contributed by atoms with E-state index < -0.39 is 10.1 Å². The molecule has 0 spiro atoms. The highest BCUT2D eigenvalue weighted by Gasteiger charge is 2.14. The minimum absolute atomic E-state index is 0.0519. The summed E-state index contributed by atoms with van der Waals surface area (Å²) in [7, 11) is -3.54. The Kier molecular flexibility index (Phi) is 11.8. The van der Waals surface area contributed by atoms with Gasteiger partial charge in [-0.05, 0) is 39.3 Å². The molecule has 0 unspecified atom stereocenters. The molecule has 5 heteroatoms. The lowest BCUT2D eigenvalue weighted by Crippen LogP contribution is -2.07. The predicted octanol–water partition coefficient (Wildman–Crippen LogP) is 5.33. The van der Waals surface area contributed by atoms with E-state index in [4.69, 9.17) is 4.18 Å². The van der Waals surface area contributed by atoms with Gasteiger partial charge in [-0.15, -0.1) is 5.70 Å². The van der Waals surface area contributed by atoms with Gasteiger partial charge in [-0.1, -0.05) is 74.3 Å². The van der Waals surface area contributed by atoms with Gasteiger partial charge in [0.05, 0.1) is 11.5 Å². The van der Waals surface area contributed by atoms with E-state index in [0.29, 0.717) is 0 Å². The standard InChI is InChI=1S/C21H36O3SSi/c1-19(2)18-26-17-11-9-7-5-4-6-8-10-16-24-25(22,23)21-14-12-20(3)13-15-21/h12-15,18H,4-11,16-17,26H2,1-3H3. The minimum atomic E-state index is -3.60. The number of benzene rings is 1. The van der Waals surface area contributed by atoms with Crippen molar-refractivity contribution in [3.05, 3.63) is 41.1 Å². The van der Waals surface area contributed by atoms with Crippen molar-refractivity contribution < 1.29 is 12.6 Å². The van der Waals surface area contributed by atoms with Gasteiger partial charge < -0.3 is 0 Å². The highest BCUT2D eigenvalue weighted by atomic mass is 32.2. The summed E-state index contributed by atoms with van der Waals surface area (Å²) in [5, 5.41) is 0. The summed E-state index contributed by atoms with van der Waals surface area (Å²) in [5.41, 5.74) is 4.98. The highest BCUT2D eigenvalue weighted by molar-refractivity contribution is 7.86. The largest absolute Gasteiger partial charge is 0.296 e. The monoisotopic (exact) mass is 396 g/mol. The van der Waals surface area contributed by atoms with E-state index in [0.717, 1.165) is 18.4 Å². The molecule has 0 aliphatic rings. The van der Waals surface area contributed by atoms with Gasteiger partial charge in [0.25, 0.3) is 10.1 Å². The summed E-state index contributed by atoms with van der Waals surface area (Å²) < 4.78 is 29.2. The zero-order valence-corrected chi connectivity index (χ0v) is 19.0. The number of rotatable bonds is 14. The minimum Gasteiger partial charge on any atom is -0.266 e. The van der Waals surface area contributed by atoms with Crippen molar-refractivity contribution in [3.8, 4) is 0 Å². The van der Waals surface area contributed by atoms with E-state index in [9.17, 15) is 8.42 Å². The highest BCUT2D eigenvalue weighted by Crippen LogP contribution is 2.15. The molecule has 26 heavy (non-hydrogen) atoms. The molecule has 0 saturated carbocycles. The van der Waals surface area contributed by atoms with Crippen LogP contribution in [0.1, 0.15) is 70.8 Å². The number of aryl methyl sites for hydroxylation is 1. The number of hydrogen-bond donors (Lipinski definition) is 0. The van der Waals surface area contributed by atoms with Crippen LogP contribution in [-0.4, -0.2) is 24.5 Å². The fourth-order valence-electron chi connectivity index (χ4n) is 2.82. The molecule has 0 N–H and O–H groups in total. The third kappa shape index (κ3) is 10.9. The molecule has 148 valence electrons. The summed E-state index contributed by atoms with van der Waals surface area (Å²) in [6, 6.07) is 8.23. The molecule has 0 bridgehead atoms. The average Bonchev–Trinajstić information content (AvgIpc) is 2.59. The Morgan fingerprint density at radius 3 is 2.04 bits per heavy atom. The van der Waals surface area contributed by atoms with Crippen molar-refractivity contribution in [1.82, 2.24) is 0 Å². The Bertz CT molecular complexity index is 617. The van der Waals surface area contributed by atoms with Crippen molar-refractivity contribution in [2.45, 2.75) is 83.1 Å². The number of allylic oxidation sites excluding steroid dienone is 1. The zero-order valence-electron chi connectivity index (χ0n) is 16.8. The molecule has 0 aliphatic heterocycles. The molecule has 0 aliphatic carbocycles. The van der Waals surface area contributed by atoms with Gasteiger partial charge in [0.2, 0.25) is 0 Å². The predicted molar refractivity (Wildman–Crippen MR) is 114 cm³/mol. The maximum Gasteiger partial charge on any atom is 0.296 e. The normalized spacial score (nSPS) is 12.0. The molecular formula is C21H36O3SSi. The molecular weight excluding hydrogens is 360 g/mol. The summed E-state index contributed by atoms with van der Waals surface area (Å²) in [6.45, 7) is 6.60. The van der Waals surface area contributed by atoms with Crippen molar-refractivity contribution >= 4 is 19.6 Å². The Hall–Kier alpha value is -0.913. The quantitative estimate of drug-likeness (QED) is 0.242. The smallest absolute Gasteiger partial charge is 0.266 e. The van der Waals surface area contributed by atoms with E-state index in [1.165, 1.54) is 50.1 Å². The summed E-state index contributed by atoms with van der Waals surface area (Å²) in [4.78, 5) is 0.246. The van der Waals surface area contributed by atoms with E-state index in [1.54, 1.807) is 24.3 Å². The van der Waals surface area contributed by atoms with Crippen molar-refractivity contribution in [3.63, 3.8) is 0 Å². The molecule has 0 atom stereocenters. The molecule has 0 aromatic heterocycles. The summed E-state index contributed by atoms with van der Waals surface area (Å²) in [5.74, 6) is 0. The van der Waals surface area contributed by atoms with Crippen LogP contribution >= 0.6 is 0 Å². The Labute approximate surface area is 163 Å². The van der Waals surface area contributed by atoms with Crippen LogP contribution in [0.25, 0.3) is 0 Å². The average molecular weight is 397 g/mol. The maximum absolute atomic E-state index is 12.0. The van der Waals surface area contributed by atoms with Crippen LogP contribution in [0.5, 0.6) is 0 Å². The van der Waals surface area contributed by atoms with Crippen LogP contribution in [0, 0.1) is 6.92 Å². The van der Waals surface area contributed by atoms with Gasteiger partial charge >= 0.3 is 0 Å². The molecule has 0 fully saturated rings. The molecule has 0 amide bonds. The van der Waals surface area contributed by atoms with Gasteiger partial charge in [0.15, 0.2) is 0 Å². The Morgan fingerprint density at radius 1 is 0.923 bits per heavy atom. The number of unbranched alkanes of at least 4 members (excludes halogenated alkanes) is 7. The lowest BCUT2D eigenvalue weighted by molar-refractivity contribution is 0.306. The Morgan fingerprint density at radius 2 is 1.46 bits per heavy atom. The summed E-state index contributed by atoms with van der Waals surface area (Å²) >= 11 is 0. The van der Waals surface area contributed by atoms with E-state index in [2.05, 4.69) is 19.5 Å². The third-order valence-corrected chi connectivity index (χ3v) is 7.79. The van der Waals surface area contributed by atoms with Gasteiger partial charge in [-0.3, -0.25) is 4.18 Å². The van der Waals surface area contributed by atoms with Gasteiger partial charge in [-0.25, -0.2) is 0 Å². The molecule has 1 aromatic carbocycles. The van der Waals surface area contributed by atoms with Crippen LogP contribution in [0.2, 0.25) is 6.04 Å². The molecule has 1 aromatic rings. The van der Waals surface area contributed by atoms with Crippen molar-refractivity contribution in [2.24, 2.45) is 0 Å². The van der Waals surface area contributed by atoms with Crippen molar-refractivity contribution in [2.75, 3.05) is 6.61 Å². The van der Waals surface area contributed by atoms with Gasteiger partial charge in [0.1, 0.15) is 0 Å². The first-order valence-corrected chi connectivity index (χ1v) is 13.2. The maximum atomic E-state index is 12.0. The first-order valence-electron chi connectivity index (χ1n) is 10.0. The first-order chi connectivity index (χ1) is 12.4. The number of hydrogen-bond acceptors (Lipinski definition) is 3. The molecule has 0 radical (unpaired) electrons. The Balaban J connectivity index is 1.97. The second kappa shape index (κ2) is 13.3. The zero-order chi connectivity index (χ0) is 19.3. The fourth-order valence-corrected chi connectivity index (χ4v) is 5.18. The van der Waals surface area contributed by atoms with Crippen LogP contribution in [0.3, 0.4) is 0 Å². The second-order valence-corrected chi connectivity index (χ2v) is 10.6. The van der Waals surface area contributed by atoms with Gasteiger partial charge in [0, 0.05) is 9.52 Å². The summed E-state index contributed by atoms with van der Waals surface area (Å²) in [6.07, 6.45) is 9.64. The lowest BCUT2D eigenvalue weighted by Gasteiger charge is -2.06. The molecule has 0 heterocycles. The van der Waals surface area contributed by atoms with Crippen LogP contribution in [0.4, 0.5) is 0 Å². The lowest BCUT2D eigenvalue weighted by atomic mass is 10.1. The van der Waals surface area contributed by atoms with Gasteiger partial charge in [-0.2, -0.15) is 8.42 Å². The van der Waals surface area contributed by atoms with E-state index in [-0.39, 0.29) is 21.0 Å². The molecule has 0 saturated heterocycles. The second-order valence-electron chi connectivity index (χ2n) is 7.34. The third-order valence-electron chi connectivity index (χ3n) is 4.45. The topological polar surface area (TPSA) is 43.4 Å². The van der Waals surface area contributed by atoms with Crippen LogP contribution in [0.15, 0.2) is 40.4 Å². The van der Waals surface area contributed by atoms with Crippen LogP contribution in [-0.2, 0) is 14.3 Å². The molecule has 3 nitrogen and oxygen atoms in total. The molecule has 1 rings (SSSR count). The first kappa shape index (κ1) is 23.1. The van der Waals surface area contributed by atoms with Crippen LogP contribution < -0.4 is 0 Å². The van der Waals surface area contributed by atoms with Crippen molar-refractivity contribution in [1.29, 1.82) is 0 Å². The fraction of sp³-hybridized carbons (Fsp3) is 0.619.